The minimum absolute atomic E-state index is 0.0250. The molecule has 0 unspecified atom stereocenters. The number of halogens is 6. The molecule has 1 aliphatic heterocycles. The average Bonchev–Trinajstić information content (AvgIpc) is 3.53. The number of hydrogen-bond donors (Lipinski definition) is 2. The molecule has 16 heteroatoms. The summed E-state index contributed by atoms with van der Waals surface area (Å²) in [6, 6.07) is 3.23. The Balaban J connectivity index is 1.37. The molecule has 10 nitrogen and oxygen atoms in total. The lowest BCUT2D eigenvalue weighted by Crippen LogP contribution is -2.61. The lowest BCUT2D eigenvalue weighted by Gasteiger charge is -2.43. The number of carbonyl (C=O) groups is 1. The van der Waals surface area contributed by atoms with Gasteiger partial charge in [-0.2, -0.15) is 18.2 Å². The van der Waals surface area contributed by atoms with E-state index in [1.807, 2.05) is 0 Å². The maximum atomic E-state index is 15.2. The van der Waals surface area contributed by atoms with Crippen LogP contribution in [-0.4, -0.2) is 55.3 Å². The van der Waals surface area contributed by atoms with E-state index in [2.05, 4.69) is 20.4 Å². The molecule has 5 rings (SSSR count). The first-order chi connectivity index (χ1) is 19.1. The fourth-order valence-electron chi connectivity index (χ4n) is 4.29. The van der Waals surface area contributed by atoms with Crippen LogP contribution >= 0.6 is 23.2 Å². The summed E-state index contributed by atoms with van der Waals surface area (Å²) in [7, 11) is 0. The van der Waals surface area contributed by atoms with Crippen LogP contribution in [0.5, 0.6) is 0 Å². The minimum atomic E-state index is -4.62. The zero-order valence-corrected chi connectivity index (χ0v) is 22.9. The monoisotopic (exact) mass is 617 g/mol. The fraction of sp³-hybridized carbons (Fsp3) is 0.360. The van der Waals surface area contributed by atoms with Gasteiger partial charge in [0.1, 0.15) is 11.5 Å². The first-order valence-electron chi connectivity index (χ1n) is 12.0. The van der Waals surface area contributed by atoms with Crippen LogP contribution in [0.4, 0.5) is 22.4 Å². The van der Waals surface area contributed by atoms with Crippen molar-refractivity contribution in [1.29, 1.82) is 0 Å². The number of alkyl halides is 3. The Bertz CT molecular complexity index is 1630. The van der Waals surface area contributed by atoms with Crippen molar-refractivity contribution in [3.05, 3.63) is 57.6 Å². The molecule has 1 saturated heterocycles. The van der Waals surface area contributed by atoms with Crippen molar-refractivity contribution < 1.29 is 41.5 Å². The maximum absolute atomic E-state index is 15.2. The predicted octanol–water partition coefficient (Wildman–Crippen LogP) is 6.24. The molecule has 1 aliphatic rings. The second-order valence-corrected chi connectivity index (χ2v) is 10.8. The number of nitrogens with zero attached hydrogens (tertiary/aromatic N) is 4. The molecule has 1 aromatic carbocycles. The van der Waals surface area contributed by atoms with Crippen molar-refractivity contribution in [2.45, 2.75) is 44.2 Å². The van der Waals surface area contributed by atoms with E-state index in [0.717, 1.165) is 22.7 Å². The average molecular weight is 618 g/mol. The largest absolute Gasteiger partial charge is 0.465 e. The van der Waals surface area contributed by atoms with Gasteiger partial charge in [-0.05, 0) is 50.5 Å². The number of fused-ring (bicyclic) bond motifs is 1. The molecule has 0 radical (unpaired) electrons. The molecule has 0 spiro atoms. The first-order valence-corrected chi connectivity index (χ1v) is 12.8. The highest BCUT2D eigenvalue weighted by atomic mass is 35.5. The topological polar surface area (TPSA) is 124 Å². The summed E-state index contributed by atoms with van der Waals surface area (Å²) in [6.07, 6.45) is -3.58. The number of carboxylic acid groups (broad SMARTS) is 1. The van der Waals surface area contributed by atoms with Gasteiger partial charge in [0.2, 0.25) is 5.82 Å². The minimum Gasteiger partial charge on any atom is -0.465 e. The number of pyridine rings is 1. The Morgan fingerprint density at radius 1 is 1.12 bits per heavy atom. The third kappa shape index (κ3) is 6.10. The molecular weight excluding hydrogens is 597 g/mol. The molecule has 4 aromatic rings. The summed E-state index contributed by atoms with van der Waals surface area (Å²) in [6.45, 7) is 3.45. The predicted molar refractivity (Wildman–Crippen MR) is 137 cm³/mol. The summed E-state index contributed by atoms with van der Waals surface area (Å²) in [5, 5.41) is 15.4. The van der Waals surface area contributed by atoms with Crippen molar-refractivity contribution in [2.75, 3.05) is 13.2 Å². The van der Waals surface area contributed by atoms with Gasteiger partial charge in [-0.1, -0.05) is 28.4 Å². The number of aryl methyl sites for hydroxylation is 1. The molecule has 218 valence electrons. The van der Waals surface area contributed by atoms with Gasteiger partial charge in [0.05, 0.1) is 34.4 Å². The van der Waals surface area contributed by atoms with E-state index in [1.165, 1.54) is 12.3 Å². The van der Waals surface area contributed by atoms with Gasteiger partial charge in [-0.15, -0.1) is 0 Å². The standard InChI is InChI=1S/C25H21Cl2F4N5O5/c1-23(2)39-10-24(11-40-23,34-22(37)38)4-3-12-5-15(26)14(7-17(12)28)19-33-21(41-35-19)18-9-36-8-13(25(29,30)31)6-16(27)20(36)32-18/h5-9,34H,3-4,10-11H2,1-2H3,(H,37,38). The van der Waals surface area contributed by atoms with Crippen LogP contribution in [-0.2, 0) is 22.1 Å². The highest BCUT2D eigenvalue weighted by Crippen LogP contribution is 2.35. The third-order valence-corrected chi connectivity index (χ3v) is 7.08. The van der Waals surface area contributed by atoms with E-state index >= 15 is 4.39 Å². The number of amides is 1. The van der Waals surface area contributed by atoms with Crippen LogP contribution < -0.4 is 5.32 Å². The summed E-state index contributed by atoms with van der Waals surface area (Å²) in [5.41, 5.74) is -1.70. The number of aromatic nitrogens is 4. The Labute approximate surface area is 239 Å². The van der Waals surface area contributed by atoms with Gasteiger partial charge in [0, 0.05) is 18.0 Å². The second-order valence-electron chi connectivity index (χ2n) is 9.97. The van der Waals surface area contributed by atoms with Gasteiger partial charge in [0.15, 0.2) is 11.4 Å². The van der Waals surface area contributed by atoms with Crippen LogP contribution in [0.2, 0.25) is 10.0 Å². The lowest BCUT2D eigenvalue weighted by molar-refractivity contribution is -0.271. The number of rotatable bonds is 6. The molecule has 2 N–H and O–H groups in total. The summed E-state index contributed by atoms with van der Waals surface area (Å²) < 4.78 is 72.1. The summed E-state index contributed by atoms with van der Waals surface area (Å²) in [5.74, 6) is -1.78. The van der Waals surface area contributed by atoms with Crippen molar-refractivity contribution in [3.63, 3.8) is 0 Å². The highest BCUT2D eigenvalue weighted by Gasteiger charge is 2.41. The van der Waals surface area contributed by atoms with Crippen LogP contribution in [0.25, 0.3) is 28.6 Å². The van der Waals surface area contributed by atoms with E-state index < -0.39 is 35.0 Å². The van der Waals surface area contributed by atoms with Crippen molar-refractivity contribution in [1.82, 2.24) is 24.8 Å². The Hall–Kier alpha value is -3.46. The molecule has 0 aliphatic carbocycles. The number of nitrogens with one attached hydrogen (secondary N) is 1. The zero-order valence-electron chi connectivity index (χ0n) is 21.4. The lowest BCUT2D eigenvalue weighted by atomic mass is 9.91. The highest BCUT2D eigenvalue weighted by molar-refractivity contribution is 6.33. The van der Waals surface area contributed by atoms with Gasteiger partial charge < -0.3 is 28.8 Å². The van der Waals surface area contributed by atoms with E-state index in [-0.39, 0.29) is 70.3 Å². The van der Waals surface area contributed by atoms with Gasteiger partial charge in [-0.3, -0.25) is 0 Å². The molecule has 4 heterocycles. The van der Waals surface area contributed by atoms with Crippen LogP contribution in [0, 0.1) is 5.82 Å². The SMILES string of the molecule is CC1(C)OCC(CCc2cc(Cl)c(-c3noc(-c4cn5cc(C(F)(F)F)cc(Cl)c5n4)n3)cc2F)(NC(=O)O)CO1. The molecular formula is C25H21Cl2F4N5O5. The van der Waals surface area contributed by atoms with Crippen molar-refractivity contribution in [3.8, 4) is 23.0 Å². The van der Waals surface area contributed by atoms with Crippen LogP contribution in [0.3, 0.4) is 0 Å². The van der Waals surface area contributed by atoms with Gasteiger partial charge in [0.25, 0.3) is 5.89 Å². The van der Waals surface area contributed by atoms with Crippen LogP contribution in [0.1, 0.15) is 31.4 Å². The fourth-order valence-corrected chi connectivity index (χ4v) is 4.82. The van der Waals surface area contributed by atoms with Crippen LogP contribution in [0.15, 0.2) is 35.1 Å². The van der Waals surface area contributed by atoms with Gasteiger partial charge >= 0.3 is 12.3 Å². The van der Waals surface area contributed by atoms with Crippen molar-refractivity contribution in [2.24, 2.45) is 0 Å². The third-order valence-electron chi connectivity index (χ3n) is 6.49. The number of benzene rings is 1. The number of ether oxygens (including phenoxy) is 2. The second kappa shape index (κ2) is 10.4. The Kier molecular flexibility index (Phi) is 7.39. The zero-order chi connectivity index (χ0) is 29.7. The maximum Gasteiger partial charge on any atom is 0.417 e. The van der Waals surface area contributed by atoms with E-state index in [0.29, 0.717) is 0 Å². The quantitative estimate of drug-likeness (QED) is 0.244. The van der Waals surface area contributed by atoms with E-state index in [1.54, 1.807) is 13.8 Å². The molecule has 3 aromatic heterocycles. The summed E-state index contributed by atoms with van der Waals surface area (Å²) in [4.78, 5) is 19.7. The number of imidazole rings is 1. The van der Waals surface area contributed by atoms with Crippen molar-refractivity contribution >= 4 is 34.9 Å². The molecule has 1 fully saturated rings. The van der Waals surface area contributed by atoms with E-state index in [4.69, 9.17) is 37.2 Å². The smallest absolute Gasteiger partial charge is 0.417 e. The normalized spacial score (nSPS) is 16.7. The Morgan fingerprint density at radius 2 is 1.83 bits per heavy atom. The molecule has 0 saturated carbocycles. The first kappa shape index (κ1) is 29.0. The Morgan fingerprint density at radius 3 is 2.49 bits per heavy atom. The van der Waals surface area contributed by atoms with E-state index in [9.17, 15) is 23.1 Å². The summed E-state index contributed by atoms with van der Waals surface area (Å²) >= 11 is 12.4. The molecule has 1 amide bonds. The molecule has 41 heavy (non-hydrogen) atoms. The molecule has 0 atom stereocenters. The number of hydrogen-bond acceptors (Lipinski definition) is 7. The molecule has 0 bridgehead atoms. The van der Waals surface area contributed by atoms with Gasteiger partial charge in [-0.25, -0.2) is 14.2 Å².